The molecule has 0 fully saturated rings. The first-order chi connectivity index (χ1) is 10.0. The molecule has 0 spiro atoms. The number of benzene rings is 1. The van der Waals surface area contributed by atoms with Gasteiger partial charge in [-0.25, -0.2) is 0 Å². The molecule has 2 N–H and O–H groups in total. The van der Waals surface area contributed by atoms with E-state index >= 15 is 0 Å². The van der Waals surface area contributed by atoms with Crippen LogP contribution in [-0.4, -0.2) is 23.6 Å². The molecule has 0 bridgehead atoms. The van der Waals surface area contributed by atoms with E-state index in [1.807, 2.05) is 31.5 Å². The van der Waals surface area contributed by atoms with Crippen LogP contribution in [0.5, 0.6) is 0 Å². The monoisotopic (exact) mass is 303 g/mol. The molecule has 1 aromatic carbocycles. The number of anilines is 1. The second-order valence-corrected chi connectivity index (χ2v) is 5.61. The number of hydrogen-bond donors (Lipinski definition) is 2. The van der Waals surface area contributed by atoms with Crippen LogP contribution in [0.4, 0.5) is 5.69 Å². The summed E-state index contributed by atoms with van der Waals surface area (Å²) in [5, 5.41) is 0. The number of nitrogen functional groups attached to an aromatic ring is 1. The average Bonchev–Trinajstić information content (AvgIpc) is 2.47. The minimum atomic E-state index is 0.704. The van der Waals surface area contributed by atoms with Crippen LogP contribution in [0.2, 0.25) is 0 Å². The molecule has 0 aliphatic carbocycles. The van der Waals surface area contributed by atoms with Crippen LogP contribution in [0.3, 0.4) is 0 Å². The number of likely N-dealkylation sites (N-methyl/N-ethyl adjacent to an activating group) is 1. The van der Waals surface area contributed by atoms with Crippen molar-refractivity contribution in [3.63, 3.8) is 0 Å². The van der Waals surface area contributed by atoms with Crippen LogP contribution in [0.1, 0.15) is 31.4 Å². The number of rotatable bonds is 7. The summed E-state index contributed by atoms with van der Waals surface area (Å²) in [4.78, 5) is 4.66. The zero-order valence-corrected chi connectivity index (χ0v) is 14.0. The van der Waals surface area contributed by atoms with Gasteiger partial charge in [0.05, 0.1) is 0 Å². The van der Waals surface area contributed by atoms with Gasteiger partial charge in [-0.15, -0.1) is 0 Å². The highest BCUT2D eigenvalue weighted by atomic mass is 32.1. The van der Waals surface area contributed by atoms with E-state index in [2.05, 4.69) is 44.3 Å². The van der Waals surface area contributed by atoms with Gasteiger partial charge in [0.15, 0.2) is 0 Å². The fourth-order valence-corrected chi connectivity index (χ4v) is 2.29. The van der Waals surface area contributed by atoms with E-state index in [0.717, 1.165) is 29.8 Å². The number of nitrogens with two attached hydrogens (primary N) is 1. The summed E-state index contributed by atoms with van der Waals surface area (Å²) < 4.78 is 1.80. The normalized spacial score (nSPS) is 12.8. The van der Waals surface area contributed by atoms with Gasteiger partial charge < -0.3 is 5.73 Å². The maximum atomic E-state index is 5.86. The molecule has 0 aliphatic rings. The quantitative estimate of drug-likeness (QED) is 0.347. The predicted octanol–water partition coefficient (Wildman–Crippen LogP) is 3.88. The lowest BCUT2D eigenvalue weighted by Gasteiger charge is -2.11. The molecule has 0 aromatic heterocycles. The Bertz CT molecular complexity index is 545. The fourth-order valence-electron chi connectivity index (χ4n) is 2.12. The number of aryl methyl sites for hydroxylation is 1. The van der Waals surface area contributed by atoms with Gasteiger partial charge in [-0.1, -0.05) is 45.4 Å². The molecule has 0 amide bonds. The highest BCUT2D eigenvalue weighted by Gasteiger charge is 2.07. The lowest BCUT2D eigenvalue weighted by Crippen LogP contribution is -2.08. The van der Waals surface area contributed by atoms with E-state index in [-0.39, 0.29) is 0 Å². The first-order valence-corrected chi connectivity index (χ1v) is 7.58. The Morgan fingerprint density at radius 1 is 1.43 bits per heavy atom. The SMILES string of the molecule is C=C/C(=C\N=C(/CC)c1ccc(N)cc1CC)CN(C)S. The Labute approximate surface area is 133 Å². The first kappa shape index (κ1) is 17.5. The molecule has 0 atom stereocenters. The van der Waals surface area contributed by atoms with Gasteiger partial charge in [-0.05, 0) is 48.7 Å². The minimum Gasteiger partial charge on any atom is -0.399 e. The summed E-state index contributed by atoms with van der Waals surface area (Å²) in [6.45, 7) is 8.77. The summed E-state index contributed by atoms with van der Waals surface area (Å²) >= 11 is 4.25. The van der Waals surface area contributed by atoms with Crippen molar-refractivity contribution in [2.75, 3.05) is 19.3 Å². The van der Waals surface area contributed by atoms with Crippen molar-refractivity contribution in [3.05, 3.63) is 53.8 Å². The molecular formula is C17H25N3S. The van der Waals surface area contributed by atoms with E-state index in [1.54, 1.807) is 4.31 Å². The Morgan fingerprint density at radius 2 is 2.14 bits per heavy atom. The molecule has 0 radical (unpaired) electrons. The lowest BCUT2D eigenvalue weighted by atomic mass is 9.99. The molecule has 1 aromatic rings. The van der Waals surface area contributed by atoms with Crippen molar-refractivity contribution in [1.82, 2.24) is 4.31 Å². The largest absolute Gasteiger partial charge is 0.399 e. The standard InChI is InChI=1S/C17H25N3S/c1-5-13(12-20(4)21)11-19-17(7-3)16-9-8-15(18)10-14(16)6-2/h5,8-11,21H,1,6-7,12,18H2,2-4H3/b13-11+,19-17+. The van der Waals surface area contributed by atoms with Gasteiger partial charge in [0.25, 0.3) is 0 Å². The van der Waals surface area contributed by atoms with Gasteiger partial charge in [-0.2, -0.15) is 0 Å². The summed E-state index contributed by atoms with van der Waals surface area (Å²) in [6.07, 6.45) is 5.49. The third kappa shape index (κ3) is 5.40. The van der Waals surface area contributed by atoms with Crippen molar-refractivity contribution >= 4 is 24.2 Å². The molecule has 3 nitrogen and oxygen atoms in total. The van der Waals surface area contributed by atoms with Crippen LogP contribution in [-0.2, 0) is 6.42 Å². The topological polar surface area (TPSA) is 41.6 Å². The molecule has 4 heteroatoms. The Kier molecular flexibility index (Phi) is 7.26. The summed E-state index contributed by atoms with van der Waals surface area (Å²) in [7, 11) is 1.90. The number of thiol groups is 1. The van der Waals surface area contributed by atoms with Crippen molar-refractivity contribution in [2.24, 2.45) is 4.99 Å². The molecule has 1 rings (SSSR count). The van der Waals surface area contributed by atoms with E-state index in [9.17, 15) is 0 Å². The van der Waals surface area contributed by atoms with Crippen molar-refractivity contribution in [1.29, 1.82) is 0 Å². The molecule has 0 unspecified atom stereocenters. The minimum absolute atomic E-state index is 0.704. The highest BCUT2D eigenvalue weighted by molar-refractivity contribution is 7.77. The molecule has 0 aliphatic heterocycles. The van der Waals surface area contributed by atoms with Gasteiger partial charge in [-0.3, -0.25) is 9.30 Å². The van der Waals surface area contributed by atoms with Gasteiger partial charge in [0.2, 0.25) is 0 Å². The Hall–Kier alpha value is -1.52. The molecule has 114 valence electrons. The second-order valence-electron chi connectivity index (χ2n) is 4.92. The molecular weight excluding hydrogens is 278 g/mol. The third-order valence-electron chi connectivity index (χ3n) is 3.22. The van der Waals surface area contributed by atoms with E-state index in [0.29, 0.717) is 6.54 Å². The highest BCUT2D eigenvalue weighted by Crippen LogP contribution is 2.17. The van der Waals surface area contributed by atoms with Crippen LogP contribution in [0.15, 0.2) is 47.6 Å². The Morgan fingerprint density at radius 3 is 2.67 bits per heavy atom. The summed E-state index contributed by atoms with van der Waals surface area (Å²) in [5.74, 6) is 0. The first-order valence-electron chi connectivity index (χ1n) is 7.18. The van der Waals surface area contributed by atoms with Gasteiger partial charge in [0.1, 0.15) is 0 Å². The van der Waals surface area contributed by atoms with Crippen LogP contribution < -0.4 is 5.73 Å². The van der Waals surface area contributed by atoms with Crippen molar-refractivity contribution < 1.29 is 0 Å². The maximum Gasteiger partial charge on any atom is 0.0476 e. The van der Waals surface area contributed by atoms with Gasteiger partial charge >= 0.3 is 0 Å². The number of hydrogen-bond acceptors (Lipinski definition) is 4. The molecule has 21 heavy (non-hydrogen) atoms. The average molecular weight is 303 g/mol. The summed E-state index contributed by atoms with van der Waals surface area (Å²) in [5.41, 5.74) is 11.2. The zero-order valence-electron chi connectivity index (χ0n) is 13.1. The number of nitrogens with zero attached hydrogens (tertiary/aromatic N) is 2. The van der Waals surface area contributed by atoms with Crippen molar-refractivity contribution in [3.8, 4) is 0 Å². The third-order valence-corrected chi connectivity index (χ3v) is 3.36. The Balaban J connectivity index is 3.15. The van der Waals surface area contributed by atoms with Gasteiger partial charge in [0, 0.05) is 24.1 Å². The molecule has 0 saturated heterocycles. The predicted molar refractivity (Wildman–Crippen MR) is 97.0 cm³/mol. The van der Waals surface area contributed by atoms with E-state index in [1.165, 1.54) is 11.1 Å². The van der Waals surface area contributed by atoms with E-state index in [4.69, 9.17) is 5.73 Å². The van der Waals surface area contributed by atoms with Crippen LogP contribution in [0, 0.1) is 0 Å². The zero-order chi connectivity index (χ0) is 15.8. The maximum absolute atomic E-state index is 5.86. The molecule has 0 saturated carbocycles. The van der Waals surface area contributed by atoms with Crippen molar-refractivity contribution in [2.45, 2.75) is 26.7 Å². The van der Waals surface area contributed by atoms with Crippen LogP contribution in [0.25, 0.3) is 0 Å². The molecule has 0 heterocycles. The number of aliphatic imine (C=N–C) groups is 1. The van der Waals surface area contributed by atoms with Crippen LogP contribution >= 0.6 is 12.8 Å². The summed E-state index contributed by atoms with van der Waals surface area (Å²) in [6, 6.07) is 6.02. The lowest BCUT2D eigenvalue weighted by molar-refractivity contribution is 0.632. The van der Waals surface area contributed by atoms with E-state index < -0.39 is 0 Å². The second kappa shape index (κ2) is 8.70. The fraction of sp³-hybridized carbons (Fsp3) is 0.353. The smallest absolute Gasteiger partial charge is 0.0476 e.